The van der Waals surface area contributed by atoms with Crippen LogP contribution in [0.4, 0.5) is 0 Å². The molecule has 60 valence electrons. The molecule has 0 saturated carbocycles. The first-order valence-corrected chi connectivity index (χ1v) is 4.35. The van der Waals surface area contributed by atoms with Gasteiger partial charge in [0.05, 0.1) is 0 Å². The minimum Gasteiger partial charge on any atom is -0.381 e. The maximum Gasteiger partial charge on any atom is 0.0471 e. The number of ether oxygens (including phenoxy) is 1. The van der Waals surface area contributed by atoms with Crippen LogP contribution in [0.15, 0.2) is 0 Å². The molecule has 0 atom stereocenters. The summed E-state index contributed by atoms with van der Waals surface area (Å²) in [5.41, 5.74) is 0.604. The third kappa shape index (κ3) is 1.98. The second-order valence-corrected chi connectivity index (χ2v) is 3.67. The van der Waals surface area contributed by atoms with Crippen LogP contribution in [0.25, 0.3) is 0 Å². The van der Waals surface area contributed by atoms with E-state index in [-0.39, 0.29) is 0 Å². The van der Waals surface area contributed by atoms with E-state index >= 15 is 0 Å². The molecule has 1 fully saturated rings. The molecule has 0 spiro atoms. The standard InChI is InChI=1S/C9H18O/c1-3-4-9(2)5-7-10-8-6-9/h3-8H2,1-2H3. The zero-order valence-corrected chi connectivity index (χ0v) is 7.15. The number of rotatable bonds is 2. The summed E-state index contributed by atoms with van der Waals surface area (Å²) in [6.07, 6.45) is 5.22. The van der Waals surface area contributed by atoms with Crippen LogP contribution in [0.2, 0.25) is 0 Å². The molecule has 0 aromatic heterocycles. The van der Waals surface area contributed by atoms with Gasteiger partial charge in [0.1, 0.15) is 0 Å². The molecule has 0 unspecified atom stereocenters. The van der Waals surface area contributed by atoms with Gasteiger partial charge >= 0.3 is 0 Å². The summed E-state index contributed by atoms with van der Waals surface area (Å²) in [6, 6.07) is 0. The Hall–Kier alpha value is -0.0400. The van der Waals surface area contributed by atoms with Crippen LogP contribution in [-0.4, -0.2) is 13.2 Å². The molecule has 0 N–H and O–H groups in total. The average Bonchev–Trinajstić information content (AvgIpc) is 1.89. The minimum atomic E-state index is 0.604. The SMILES string of the molecule is CCCC1(C)CCOCC1. The highest BCUT2D eigenvalue weighted by molar-refractivity contribution is 4.76. The van der Waals surface area contributed by atoms with Gasteiger partial charge < -0.3 is 4.74 Å². The van der Waals surface area contributed by atoms with Crippen molar-refractivity contribution in [3.05, 3.63) is 0 Å². The molecule has 1 saturated heterocycles. The van der Waals surface area contributed by atoms with Gasteiger partial charge in [-0.05, 0) is 24.7 Å². The Morgan fingerprint density at radius 1 is 1.30 bits per heavy atom. The maximum absolute atomic E-state index is 5.31. The second kappa shape index (κ2) is 3.38. The molecular weight excluding hydrogens is 124 g/mol. The van der Waals surface area contributed by atoms with Crippen LogP contribution in [0.3, 0.4) is 0 Å². The molecule has 1 aliphatic heterocycles. The normalized spacial score (nSPS) is 24.6. The molecule has 1 nitrogen and oxygen atoms in total. The third-order valence-corrected chi connectivity index (χ3v) is 2.55. The van der Waals surface area contributed by atoms with Gasteiger partial charge in [-0.3, -0.25) is 0 Å². The minimum absolute atomic E-state index is 0.604. The quantitative estimate of drug-likeness (QED) is 0.576. The Labute approximate surface area is 63.8 Å². The lowest BCUT2D eigenvalue weighted by Crippen LogP contribution is -2.26. The molecule has 0 radical (unpaired) electrons. The fourth-order valence-electron chi connectivity index (χ4n) is 1.72. The molecule has 0 aromatic carbocycles. The van der Waals surface area contributed by atoms with Crippen LogP contribution in [0.1, 0.15) is 39.5 Å². The Balaban J connectivity index is 2.32. The highest BCUT2D eigenvalue weighted by atomic mass is 16.5. The van der Waals surface area contributed by atoms with E-state index in [9.17, 15) is 0 Å². The maximum atomic E-state index is 5.31. The van der Waals surface area contributed by atoms with Crippen molar-refractivity contribution in [2.75, 3.05) is 13.2 Å². The fourth-order valence-corrected chi connectivity index (χ4v) is 1.72. The molecule has 0 amide bonds. The predicted molar refractivity (Wildman–Crippen MR) is 43.1 cm³/mol. The van der Waals surface area contributed by atoms with E-state index in [0.717, 1.165) is 13.2 Å². The van der Waals surface area contributed by atoms with Crippen LogP contribution >= 0.6 is 0 Å². The summed E-state index contributed by atoms with van der Waals surface area (Å²) in [6.45, 7) is 6.62. The van der Waals surface area contributed by atoms with Crippen LogP contribution in [-0.2, 0) is 4.74 Å². The van der Waals surface area contributed by atoms with Crippen molar-refractivity contribution in [2.24, 2.45) is 5.41 Å². The van der Waals surface area contributed by atoms with E-state index in [1.807, 2.05) is 0 Å². The smallest absolute Gasteiger partial charge is 0.0471 e. The summed E-state index contributed by atoms with van der Waals surface area (Å²) < 4.78 is 5.31. The lowest BCUT2D eigenvalue weighted by atomic mass is 9.79. The zero-order valence-electron chi connectivity index (χ0n) is 7.15. The molecule has 0 aromatic rings. The van der Waals surface area contributed by atoms with Gasteiger partial charge in [-0.2, -0.15) is 0 Å². The molecule has 1 aliphatic rings. The predicted octanol–water partition coefficient (Wildman–Crippen LogP) is 2.60. The molecule has 1 heterocycles. The molecule has 1 heteroatoms. The van der Waals surface area contributed by atoms with E-state index < -0.39 is 0 Å². The average molecular weight is 142 g/mol. The summed E-state index contributed by atoms with van der Waals surface area (Å²) in [4.78, 5) is 0. The third-order valence-electron chi connectivity index (χ3n) is 2.55. The fraction of sp³-hybridized carbons (Fsp3) is 1.00. The topological polar surface area (TPSA) is 9.23 Å². The van der Waals surface area contributed by atoms with Crippen molar-refractivity contribution in [2.45, 2.75) is 39.5 Å². The van der Waals surface area contributed by atoms with Gasteiger partial charge in [0.15, 0.2) is 0 Å². The Kier molecular flexibility index (Phi) is 2.72. The van der Waals surface area contributed by atoms with Gasteiger partial charge in [0.2, 0.25) is 0 Å². The van der Waals surface area contributed by atoms with Crippen molar-refractivity contribution in [1.82, 2.24) is 0 Å². The van der Waals surface area contributed by atoms with E-state index in [1.165, 1.54) is 25.7 Å². The number of hydrogen-bond donors (Lipinski definition) is 0. The van der Waals surface area contributed by atoms with E-state index in [0.29, 0.717) is 5.41 Å². The van der Waals surface area contributed by atoms with E-state index in [2.05, 4.69) is 13.8 Å². The summed E-state index contributed by atoms with van der Waals surface area (Å²) >= 11 is 0. The van der Waals surface area contributed by atoms with Crippen molar-refractivity contribution in [3.8, 4) is 0 Å². The summed E-state index contributed by atoms with van der Waals surface area (Å²) in [7, 11) is 0. The van der Waals surface area contributed by atoms with Crippen LogP contribution < -0.4 is 0 Å². The van der Waals surface area contributed by atoms with Gasteiger partial charge in [0.25, 0.3) is 0 Å². The summed E-state index contributed by atoms with van der Waals surface area (Å²) in [5, 5.41) is 0. The first kappa shape index (κ1) is 8.06. The van der Waals surface area contributed by atoms with Crippen molar-refractivity contribution in [3.63, 3.8) is 0 Å². The largest absolute Gasteiger partial charge is 0.381 e. The van der Waals surface area contributed by atoms with E-state index in [1.54, 1.807) is 0 Å². The number of hydrogen-bond acceptors (Lipinski definition) is 1. The zero-order chi connectivity index (χ0) is 7.45. The first-order chi connectivity index (χ1) is 4.77. The van der Waals surface area contributed by atoms with Crippen molar-refractivity contribution < 1.29 is 4.74 Å². The molecule has 0 bridgehead atoms. The second-order valence-electron chi connectivity index (χ2n) is 3.67. The van der Waals surface area contributed by atoms with Crippen LogP contribution in [0, 0.1) is 5.41 Å². The van der Waals surface area contributed by atoms with Gasteiger partial charge in [-0.25, -0.2) is 0 Å². The summed E-state index contributed by atoms with van der Waals surface area (Å²) in [5.74, 6) is 0. The molecular formula is C9H18O. The molecule has 1 rings (SSSR count). The van der Waals surface area contributed by atoms with Crippen molar-refractivity contribution in [1.29, 1.82) is 0 Å². The van der Waals surface area contributed by atoms with Crippen molar-refractivity contribution >= 4 is 0 Å². The van der Waals surface area contributed by atoms with E-state index in [4.69, 9.17) is 4.74 Å². The Morgan fingerprint density at radius 2 is 1.90 bits per heavy atom. The molecule has 10 heavy (non-hydrogen) atoms. The highest BCUT2D eigenvalue weighted by Crippen LogP contribution is 2.34. The lowest BCUT2D eigenvalue weighted by Gasteiger charge is -2.33. The first-order valence-electron chi connectivity index (χ1n) is 4.35. The highest BCUT2D eigenvalue weighted by Gasteiger charge is 2.25. The van der Waals surface area contributed by atoms with Gasteiger partial charge in [0, 0.05) is 13.2 Å². The van der Waals surface area contributed by atoms with Gasteiger partial charge in [-0.1, -0.05) is 20.3 Å². The van der Waals surface area contributed by atoms with Gasteiger partial charge in [-0.15, -0.1) is 0 Å². The lowest BCUT2D eigenvalue weighted by molar-refractivity contribution is 0.0195. The Morgan fingerprint density at radius 3 is 2.40 bits per heavy atom. The monoisotopic (exact) mass is 142 g/mol. The Bertz CT molecular complexity index is 87.4. The molecule has 0 aliphatic carbocycles. The van der Waals surface area contributed by atoms with Crippen LogP contribution in [0.5, 0.6) is 0 Å².